The Balaban J connectivity index is 1.87. The Morgan fingerprint density at radius 3 is 2.30 bits per heavy atom. The highest BCUT2D eigenvalue weighted by atomic mass is 35.5. The van der Waals surface area contributed by atoms with Gasteiger partial charge in [-0.25, -0.2) is 0 Å². The minimum Gasteiger partial charge on any atom is -0.332 e. The zero-order valence-electron chi connectivity index (χ0n) is 11.8. The third-order valence-electron chi connectivity index (χ3n) is 2.87. The lowest BCUT2D eigenvalue weighted by atomic mass is 10.1. The fraction of sp³-hybridized carbons (Fsp3) is 0.0667. The second-order valence-corrected chi connectivity index (χ2v) is 5.45. The van der Waals surface area contributed by atoms with E-state index in [9.17, 15) is 14.9 Å². The summed E-state index contributed by atoms with van der Waals surface area (Å²) in [5, 5.41) is 16.6. The first-order valence-electron chi connectivity index (χ1n) is 6.54. The Labute approximate surface area is 142 Å². The van der Waals surface area contributed by atoms with E-state index in [1.807, 2.05) is 0 Å². The van der Waals surface area contributed by atoms with Gasteiger partial charge in [0.15, 0.2) is 5.11 Å². The van der Waals surface area contributed by atoms with Crippen LogP contribution in [0.5, 0.6) is 0 Å². The molecule has 2 rings (SSSR count). The molecule has 0 aromatic heterocycles. The Bertz CT molecular complexity index is 733. The zero-order valence-corrected chi connectivity index (χ0v) is 13.4. The number of anilines is 1. The molecule has 23 heavy (non-hydrogen) atoms. The number of benzene rings is 2. The summed E-state index contributed by atoms with van der Waals surface area (Å²) in [6.07, 6.45) is 0.166. The molecule has 1 amide bonds. The van der Waals surface area contributed by atoms with Crippen molar-refractivity contribution < 1.29 is 9.72 Å². The van der Waals surface area contributed by atoms with Gasteiger partial charge in [0.05, 0.1) is 11.3 Å². The van der Waals surface area contributed by atoms with E-state index in [1.54, 1.807) is 24.3 Å². The van der Waals surface area contributed by atoms with Gasteiger partial charge in [-0.05, 0) is 42.0 Å². The van der Waals surface area contributed by atoms with Crippen molar-refractivity contribution in [3.63, 3.8) is 0 Å². The predicted octanol–water partition coefficient (Wildman–Crippen LogP) is 3.30. The molecule has 2 aromatic carbocycles. The van der Waals surface area contributed by atoms with Crippen molar-refractivity contribution in [1.29, 1.82) is 0 Å². The minimum atomic E-state index is -0.490. The lowest BCUT2D eigenvalue weighted by molar-refractivity contribution is -0.384. The van der Waals surface area contributed by atoms with E-state index < -0.39 is 4.92 Å². The molecule has 0 aliphatic carbocycles. The minimum absolute atomic E-state index is 0.0201. The normalized spacial score (nSPS) is 9.96. The summed E-state index contributed by atoms with van der Waals surface area (Å²) in [6, 6.07) is 12.6. The average Bonchev–Trinajstić information content (AvgIpc) is 2.50. The summed E-state index contributed by atoms with van der Waals surface area (Å²) >= 11 is 10.8. The summed E-state index contributed by atoms with van der Waals surface area (Å²) in [7, 11) is 0. The standard InChI is InChI=1S/C15H12ClN3O3S/c16-11-3-1-10(2-4-11)9-14(20)18-15(23)17-12-5-7-13(8-6-12)19(21)22/h1-8H,9H2,(H2,17,18,20,23). The average molecular weight is 350 g/mol. The summed E-state index contributed by atoms with van der Waals surface area (Å²) in [5.41, 5.74) is 1.34. The molecule has 0 fully saturated rings. The highest BCUT2D eigenvalue weighted by molar-refractivity contribution is 7.80. The molecule has 0 saturated carbocycles. The Kier molecular flexibility index (Phi) is 5.61. The van der Waals surface area contributed by atoms with Crippen molar-refractivity contribution in [2.24, 2.45) is 0 Å². The summed E-state index contributed by atoms with van der Waals surface area (Å²) < 4.78 is 0. The molecule has 6 nitrogen and oxygen atoms in total. The second kappa shape index (κ2) is 7.66. The van der Waals surface area contributed by atoms with Gasteiger partial charge in [0.25, 0.3) is 5.69 Å². The molecule has 2 aromatic rings. The first kappa shape index (κ1) is 16.9. The number of nitrogens with zero attached hydrogens (tertiary/aromatic N) is 1. The monoisotopic (exact) mass is 349 g/mol. The van der Waals surface area contributed by atoms with E-state index in [0.29, 0.717) is 10.7 Å². The Hall–Kier alpha value is -2.51. The SMILES string of the molecule is O=C(Cc1ccc(Cl)cc1)NC(=S)Nc1ccc([N+](=O)[O-])cc1. The largest absolute Gasteiger partial charge is 0.332 e. The number of hydrogen-bond acceptors (Lipinski definition) is 4. The third-order valence-corrected chi connectivity index (χ3v) is 3.32. The molecule has 0 aliphatic heterocycles. The van der Waals surface area contributed by atoms with Crippen LogP contribution in [-0.4, -0.2) is 15.9 Å². The van der Waals surface area contributed by atoms with Crippen molar-refractivity contribution in [2.45, 2.75) is 6.42 Å². The zero-order chi connectivity index (χ0) is 16.8. The highest BCUT2D eigenvalue weighted by Gasteiger charge is 2.08. The van der Waals surface area contributed by atoms with Gasteiger partial charge in [-0.2, -0.15) is 0 Å². The van der Waals surface area contributed by atoms with Gasteiger partial charge >= 0.3 is 0 Å². The Morgan fingerprint density at radius 2 is 1.74 bits per heavy atom. The molecule has 0 spiro atoms. The van der Waals surface area contributed by atoms with Crippen LogP contribution in [-0.2, 0) is 11.2 Å². The van der Waals surface area contributed by atoms with Crippen LogP contribution in [0.4, 0.5) is 11.4 Å². The van der Waals surface area contributed by atoms with Crippen LogP contribution in [0.2, 0.25) is 5.02 Å². The smallest absolute Gasteiger partial charge is 0.269 e. The van der Waals surface area contributed by atoms with E-state index >= 15 is 0 Å². The molecule has 0 radical (unpaired) electrons. The second-order valence-electron chi connectivity index (χ2n) is 4.61. The van der Waals surface area contributed by atoms with Gasteiger partial charge in [-0.3, -0.25) is 14.9 Å². The van der Waals surface area contributed by atoms with Gasteiger partial charge in [0.1, 0.15) is 0 Å². The number of carbonyl (C=O) groups excluding carboxylic acids is 1. The lowest BCUT2D eigenvalue weighted by Gasteiger charge is -2.09. The fourth-order valence-corrected chi connectivity index (χ4v) is 2.14. The summed E-state index contributed by atoms with van der Waals surface area (Å²) in [5.74, 6) is -0.272. The van der Waals surface area contributed by atoms with Gasteiger partial charge in [0.2, 0.25) is 5.91 Å². The number of rotatable bonds is 4. The number of thiocarbonyl (C=S) groups is 1. The summed E-state index contributed by atoms with van der Waals surface area (Å²) in [4.78, 5) is 22.0. The molecule has 0 unspecified atom stereocenters. The van der Waals surface area contributed by atoms with Crippen molar-refractivity contribution in [2.75, 3.05) is 5.32 Å². The molecule has 0 saturated heterocycles. The fourth-order valence-electron chi connectivity index (χ4n) is 1.79. The van der Waals surface area contributed by atoms with Gasteiger partial charge in [0, 0.05) is 22.8 Å². The molecule has 0 heterocycles. The van der Waals surface area contributed by atoms with Crippen LogP contribution in [0.3, 0.4) is 0 Å². The highest BCUT2D eigenvalue weighted by Crippen LogP contribution is 2.15. The van der Waals surface area contributed by atoms with Gasteiger partial charge in [-0.1, -0.05) is 23.7 Å². The molecule has 118 valence electrons. The molecular weight excluding hydrogens is 338 g/mol. The number of non-ortho nitro benzene ring substituents is 1. The number of hydrogen-bond donors (Lipinski definition) is 2. The van der Waals surface area contributed by atoms with Crippen LogP contribution < -0.4 is 10.6 Å². The first-order chi connectivity index (χ1) is 10.9. The first-order valence-corrected chi connectivity index (χ1v) is 7.32. The maximum atomic E-state index is 11.9. The van der Waals surface area contributed by atoms with E-state index in [1.165, 1.54) is 24.3 Å². The quantitative estimate of drug-likeness (QED) is 0.502. The lowest BCUT2D eigenvalue weighted by Crippen LogP contribution is -2.35. The number of nitro benzene ring substituents is 1. The molecule has 0 bridgehead atoms. The third kappa shape index (κ3) is 5.32. The van der Waals surface area contributed by atoms with Gasteiger partial charge < -0.3 is 10.6 Å². The predicted molar refractivity (Wildman–Crippen MR) is 92.6 cm³/mol. The van der Waals surface area contributed by atoms with E-state index in [0.717, 1.165) is 5.56 Å². The van der Waals surface area contributed by atoms with Crippen LogP contribution >= 0.6 is 23.8 Å². The van der Waals surface area contributed by atoms with Crippen molar-refractivity contribution in [3.05, 3.63) is 69.2 Å². The van der Waals surface area contributed by atoms with Crippen molar-refractivity contribution in [3.8, 4) is 0 Å². The van der Waals surface area contributed by atoms with Crippen molar-refractivity contribution in [1.82, 2.24) is 5.32 Å². The maximum absolute atomic E-state index is 11.9. The van der Waals surface area contributed by atoms with Crippen LogP contribution in [0.25, 0.3) is 0 Å². The number of nitro groups is 1. The molecule has 0 atom stereocenters. The number of nitrogens with one attached hydrogen (secondary N) is 2. The van der Waals surface area contributed by atoms with Crippen LogP contribution in [0.15, 0.2) is 48.5 Å². The van der Waals surface area contributed by atoms with Crippen LogP contribution in [0, 0.1) is 10.1 Å². The van der Waals surface area contributed by atoms with Crippen molar-refractivity contribution >= 4 is 46.2 Å². The molecule has 2 N–H and O–H groups in total. The molecule has 8 heteroatoms. The van der Waals surface area contributed by atoms with Gasteiger partial charge in [-0.15, -0.1) is 0 Å². The number of halogens is 1. The molecular formula is C15H12ClN3O3S. The molecule has 0 aliphatic rings. The van der Waals surface area contributed by atoms with E-state index in [2.05, 4.69) is 10.6 Å². The number of amides is 1. The van der Waals surface area contributed by atoms with E-state index in [4.69, 9.17) is 23.8 Å². The topological polar surface area (TPSA) is 84.3 Å². The van der Waals surface area contributed by atoms with Crippen LogP contribution in [0.1, 0.15) is 5.56 Å². The Morgan fingerprint density at radius 1 is 1.13 bits per heavy atom. The summed E-state index contributed by atoms with van der Waals surface area (Å²) in [6.45, 7) is 0. The maximum Gasteiger partial charge on any atom is 0.269 e. The number of carbonyl (C=O) groups is 1. The van der Waals surface area contributed by atoms with E-state index in [-0.39, 0.29) is 23.1 Å².